The molecule has 0 unspecified atom stereocenters. The van der Waals surface area contributed by atoms with Crippen molar-refractivity contribution in [3.05, 3.63) is 54.1 Å². The van der Waals surface area contributed by atoms with E-state index in [0.717, 1.165) is 17.6 Å². The Labute approximate surface area is 78.0 Å². The van der Waals surface area contributed by atoms with Gasteiger partial charge in [-0.2, -0.15) is 0 Å². The summed E-state index contributed by atoms with van der Waals surface area (Å²) in [6.45, 7) is 0. The van der Waals surface area contributed by atoms with Crippen molar-refractivity contribution in [1.29, 1.82) is 0 Å². The highest BCUT2D eigenvalue weighted by molar-refractivity contribution is 5.75. The number of hydrogen-bond acceptors (Lipinski definition) is 1. The van der Waals surface area contributed by atoms with Gasteiger partial charge in [0.1, 0.15) is 0 Å². The highest BCUT2D eigenvalue weighted by Crippen LogP contribution is 2.20. The first-order valence-corrected chi connectivity index (χ1v) is 4.48. The lowest BCUT2D eigenvalue weighted by atomic mass is 9.98. The van der Waals surface area contributed by atoms with Gasteiger partial charge in [-0.3, -0.25) is 0 Å². The summed E-state index contributed by atoms with van der Waals surface area (Å²) in [5, 5.41) is 9.41. The second kappa shape index (κ2) is 3.58. The minimum Gasteiger partial charge on any atom is -0.389 e. The quantitative estimate of drug-likeness (QED) is 0.689. The van der Waals surface area contributed by atoms with Crippen LogP contribution >= 0.6 is 0 Å². The van der Waals surface area contributed by atoms with Gasteiger partial charge >= 0.3 is 0 Å². The molecule has 1 aliphatic rings. The van der Waals surface area contributed by atoms with Crippen molar-refractivity contribution >= 4 is 5.57 Å². The van der Waals surface area contributed by atoms with Crippen molar-refractivity contribution in [2.75, 3.05) is 0 Å². The molecule has 0 amide bonds. The van der Waals surface area contributed by atoms with Crippen molar-refractivity contribution in [3.63, 3.8) is 0 Å². The molecule has 0 heterocycles. The Balaban J connectivity index is 2.32. The average Bonchev–Trinajstić information content (AvgIpc) is 2.19. The summed E-state index contributed by atoms with van der Waals surface area (Å²) in [5.41, 5.74) is 2.27. The summed E-state index contributed by atoms with van der Waals surface area (Å²) in [6.07, 6.45) is 6.38. The molecule has 1 aromatic rings. The van der Waals surface area contributed by atoms with E-state index in [1.807, 2.05) is 42.5 Å². The molecule has 1 heteroatoms. The van der Waals surface area contributed by atoms with E-state index in [9.17, 15) is 5.11 Å². The molecule has 1 atom stereocenters. The zero-order chi connectivity index (χ0) is 9.10. The molecule has 0 aliphatic heterocycles. The van der Waals surface area contributed by atoms with Gasteiger partial charge in [-0.1, -0.05) is 42.5 Å². The van der Waals surface area contributed by atoms with Gasteiger partial charge in [0.25, 0.3) is 0 Å². The lowest BCUT2D eigenvalue weighted by molar-refractivity contribution is 0.226. The van der Waals surface area contributed by atoms with Gasteiger partial charge in [0.2, 0.25) is 0 Å². The summed E-state index contributed by atoms with van der Waals surface area (Å²) < 4.78 is 0. The van der Waals surface area contributed by atoms with Crippen molar-refractivity contribution < 1.29 is 5.11 Å². The fourth-order valence-electron chi connectivity index (χ4n) is 1.49. The Hall–Kier alpha value is -1.34. The number of aliphatic hydroxyl groups excluding tert-OH is 1. The van der Waals surface area contributed by atoms with E-state index in [0.29, 0.717) is 0 Å². The third-order valence-electron chi connectivity index (χ3n) is 2.15. The third-order valence-corrected chi connectivity index (χ3v) is 2.15. The SMILES string of the molecule is O[C@@H]1C=C(c2ccccc2)C=CC1. The maximum absolute atomic E-state index is 9.41. The summed E-state index contributed by atoms with van der Waals surface area (Å²) in [6, 6.07) is 10.1. The summed E-state index contributed by atoms with van der Waals surface area (Å²) >= 11 is 0. The number of hydrogen-bond donors (Lipinski definition) is 1. The monoisotopic (exact) mass is 172 g/mol. The number of benzene rings is 1. The summed E-state index contributed by atoms with van der Waals surface area (Å²) in [4.78, 5) is 0. The van der Waals surface area contributed by atoms with E-state index < -0.39 is 0 Å². The van der Waals surface area contributed by atoms with Crippen LogP contribution in [-0.4, -0.2) is 11.2 Å². The van der Waals surface area contributed by atoms with Crippen LogP contribution in [0.5, 0.6) is 0 Å². The topological polar surface area (TPSA) is 20.2 Å². The van der Waals surface area contributed by atoms with Gasteiger partial charge in [-0.15, -0.1) is 0 Å². The molecule has 0 aromatic heterocycles. The van der Waals surface area contributed by atoms with E-state index in [-0.39, 0.29) is 6.10 Å². The number of allylic oxidation sites excluding steroid dienone is 2. The average molecular weight is 172 g/mol. The predicted octanol–water partition coefficient (Wildman–Crippen LogP) is 2.39. The minimum absolute atomic E-state index is 0.319. The van der Waals surface area contributed by atoms with Gasteiger partial charge in [-0.05, 0) is 23.6 Å². The molecule has 1 aromatic carbocycles. The molecule has 0 fully saturated rings. The molecule has 0 radical (unpaired) electrons. The lowest BCUT2D eigenvalue weighted by Gasteiger charge is -2.11. The standard InChI is InChI=1S/C12H12O/c13-12-8-4-7-11(9-12)10-5-2-1-3-6-10/h1-7,9,12-13H,8H2/t12-/m0/s1. The molecule has 0 spiro atoms. The molecule has 13 heavy (non-hydrogen) atoms. The van der Waals surface area contributed by atoms with Crippen LogP contribution in [0.1, 0.15) is 12.0 Å². The highest BCUT2D eigenvalue weighted by Gasteiger charge is 2.06. The molecule has 0 saturated carbocycles. The maximum Gasteiger partial charge on any atom is 0.0764 e. The smallest absolute Gasteiger partial charge is 0.0764 e. The van der Waals surface area contributed by atoms with E-state index in [1.54, 1.807) is 0 Å². The van der Waals surface area contributed by atoms with E-state index >= 15 is 0 Å². The zero-order valence-electron chi connectivity index (χ0n) is 7.35. The van der Waals surface area contributed by atoms with E-state index in [4.69, 9.17) is 0 Å². The van der Waals surface area contributed by atoms with Gasteiger partial charge in [-0.25, -0.2) is 0 Å². The number of aliphatic hydroxyl groups is 1. The summed E-state index contributed by atoms with van der Waals surface area (Å²) in [7, 11) is 0. The lowest BCUT2D eigenvalue weighted by Crippen LogP contribution is -2.04. The first-order valence-electron chi connectivity index (χ1n) is 4.48. The first kappa shape index (κ1) is 8.27. The molecule has 0 saturated heterocycles. The molecule has 1 nitrogen and oxygen atoms in total. The Morgan fingerprint density at radius 1 is 1.15 bits per heavy atom. The van der Waals surface area contributed by atoms with Gasteiger partial charge in [0.05, 0.1) is 6.10 Å². The Morgan fingerprint density at radius 3 is 2.62 bits per heavy atom. The van der Waals surface area contributed by atoms with Crippen molar-refractivity contribution in [3.8, 4) is 0 Å². The molecule has 1 N–H and O–H groups in total. The Bertz CT molecular complexity index is 335. The molecule has 0 bridgehead atoms. The van der Waals surface area contributed by atoms with Gasteiger partial charge in [0.15, 0.2) is 0 Å². The fourth-order valence-corrected chi connectivity index (χ4v) is 1.49. The van der Waals surface area contributed by atoms with E-state index in [2.05, 4.69) is 6.08 Å². The normalized spacial score (nSPS) is 21.3. The maximum atomic E-state index is 9.41. The minimum atomic E-state index is -0.319. The van der Waals surface area contributed by atoms with Crippen LogP contribution in [0.15, 0.2) is 48.6 Å². The predicted molar refractivity (Wildman–Crippen MR) is 54.2 cm³/mol. The van der Waals surface area contributed by atoms with Crippen LogP contribution in [0, 0.1) is 0 Å². The van der Waals surface area contributed by atoms with Crippen LogP contribution in [0.4, 0.5) is 0 Å². The zero-order valence-corrected chi connectivity index (χ0v) is 7.35. The van der Waals surface area contributed by atoms with Crippen LogP contribution in [-0.2, 0) is 0 Å². The Kier molecular flexibility index (Phi) is 2.28. The third kappa shape index (κ3) is 1.87. The Morgan fingerprint density at radius 2 is 1.92 bits per heavy atom. The fraction of sp³-hybridized carbons (Fsp3) is 0.167. The van der Waals surface area contributed by atoms with Crippen molar-refractivity contribution in [1.82, 2.24) is 0 Å². The highest BCUT2D eigenvalue weighted by atomic mass is 16.3. The molecule has 66 valence electrons. The van der Waals surface area contributed by atoms with Crippen LogP contribution in [0.3, 0.4) is 0 Å². The van der Waals surface area contributed by atoms with Gasteiger partial charge < -0.3 is 5.11 Å². The largest absolute Gasteiger partial charge is 0.389 e. The molecular weight excluding hydrogens is 160 g/mol. The van der Waals surface area contributed by atoms with Crippen molar-refractivity contribution in [2.45, 2.75) is 12.5 Å². The second-order valence-electron chi connectivity index (χ2n) is 3.19. The summed E-state index contributed by atoms with van der Waals surface area (Å²) in [5.74, 6) is 0. The second-order valence-corrected chi connectivity index (χ2v) is 3.19. The van der Waals surface area contributed by atoms with Crippen molar-refractivity contribution in [2.24, 2.45) is 0 Å². The first-order chi connectivity index (χ1) is 6.36. The molecular formula is C12H12O. The van der Waals surface area contributed by atoms with Crippen LogP contribution in [0.2, 0.25) is 0 Å². The van der Waals surface area contributed by atoms with Gasteiger partial charge in [0, 0.05) is 0 Å². The van der Waals surface area contributed by atoms with E-state index in [1.165, 1.54) is 0 Å². The van der Waals surface area contributed by atoms with Crippen LogP contribution in [0.25, 0.3) is 5.57 Å². The number of rotatable bonds is 1. The van der Waals surface area contributed by atoms with Crippen LogP contribution < -0.4 is 0 Å². The molecule has 1 aliphatic carbocycles. The molecule has 2 rings (SSSR count).